The van der Waals surface area contributed by atoms with Gasteiger partial charge in [-0.3, -0.25) is 9.59 Å². The number of carbonyl (C=O) groups is 2. The standard InChI is InChI=1S/C17H20Cl2O3/c1-11(2)17(19)9-8-16(14(17)20,15(21)22-3)10-12-4-6-13(18)7-5-12/h4-7,11H,8-10H2,1-3H3. The van der Waals surface area contributed by atoms with Crippen molar-refractivity contribution in [2.75, 3.05) is 7.11 Å². The van der Waals surface area contributed by atoms with Gasteiger partial charge in [-0.15, -0.1) is 11.6 Å². The Hall–Kier alpha value is -1.06. The highest BCUT2D eigenvalue weighted by atomic mass is 35.5. The lowest BCUT2D eigenvalue weighted by atomic mass is 9.77. The molecule has 1 saturated carbocycles. The summed E-state index contributed by atoms with van der Waals surface area (Å²) < 4.78 is 4.93. The van der Waals surface area contributed by atoms with Crippen LogP contribution < -0.4 is 0 Å². The quantitative estimate of drug-likeness (QED) is 0.471. The minimum atomic E-state index is -1.20. The fourth-order valence-corrected chi connectivity index (χ4v) is 3.55. The topological polar surface area (TPSA) is 43.4 Å². The van der Waals surface area contributed by atoms with Crippen LogP contribution in [-0.2, 0) is 20.7 Å². The maximum atomic E-state index is 13.0. The molecule has 2 atom stereocenters. The van der Waals surface area contributed by atoms with Crippen molar-refractivity contribution in [3.05, 3.63) is 34.9 Å². The highest BCUT2D eigenvalue weighted by molar-refractivity contribution is 6.39. The molecule has 1 aliphatic carbocycles. The van der Waals surface area contributed by atoms with Gasteiger partial charge >= 0.3 is 5.97 Å². The molecular formula is C17H20Cl2O3. The lowest BCUT2D eigenvalue weighted by molar-refractivity contribution is -0.157. The molecule has 0 saturated heterocycles. The van der Waals surface area contributed by atoms with E-state index in [2.05, 4.69) is 0 Å². The minimum Gasteiger partial charge on any atom is -0.468 e. The number of benzene rings is 1. The van der Waals surface area contributed by atoms with E-state index in [9.17, 15) is 9.59 Å². The van der Waals surface area contributed by atoms with Crippen LogP contribution in [0.15, 0.2) is 24.3 Å². The van der Waals surface area contributed by atoms with Crippen LogP contribution in [0.3, 0.4) is 0 Å². The number of esters is 1. The Labute approximate surface area is 140 Å². The maximum absolute atomic E-state index is 13.0. The molecule has 3 nitrogen and oxygen atoms in total. The summed E-state index contributed by atoms with van der Waals surface area (Å²) in [6.07, 6.45) is 1.17. The monoisotopic (exact) mass is 342 g/mol. The predicted molar refractivity (Wildman–Crippen MR) is 87.3 cm³/mol. The predicted octanol–water partition coefficient (Wildman–Crippen LogP) is 4.04. The fourth-order valence-electron chi connectivity index (χ4n) is 3.15. The molecule has 1 aromatic carbocycles. The molecule has 0 aromatic heterocycles. The van der Waals surface area contributed by atoms with Crippen molar-refractivity contribution in [3.8, 4) is 0 Å². The third-order valence-corrected chi connectivity index (χ3v) is 5.69. The molecule has 5 heteroatoms. The van der Waals surface area contributed by atoms with Crippen LogP contribution in [0.4, 0.5) is 0 Å². The Morgan fingerprint density at radius 2 is 1.86 bits per heavy atom. The van der Waals surface area contributed by atoms with Gasteiger partial charge < -0.3 is 4.74 Å². The Kier molecular flexibility index (Phi) is 4.88. The zero-order chi connectivity index (χ0) is 16.5. The van der Waals surface area contributed by atoms with E-state index in [-0.39, 0.29) is 18.1 Å². The van der Waals surface area contributed by atoms with Crippen LogP contribution in [0.2, 0.25) is 5.02 Å². The van der Waals surface area contributed by atoms with E-state index in [4.69, 9.17) is 27.9 Å². The van der Waals surface area contributed by atoms with Gasteiger partial charge in [0.15, 0.2) is 5.78 Å². The molecule has 0 bridgehead atoms. The van der Waals surface area contributed by atoms with Crippen LogP contribution in [0.25, 0.3) is 0 Å². The first-order chi connectivity index (χ1) is 10.3. The molecule has 22 heavy (non-hydrogen) atoms. The number of Topliss-reactive ketones (excluding diaryl/α,β-unsaturated/α-hetero) is 1. The average Bonchev–Trinajstić information content (AvgIpc) is 2.76. The second-order valence-corrected chi connectivity index (χ2v) is 7.33. The Morgan fingerprint density at radius 1 is 1.27 bits per heavy atom. The van der Waals surface area contributed by atoms with Crippen LogP contribution in [0.5, 0.6) is 0 Å². The summed E-state index contributed by atoms with van der Waals surface area (Å²) in [4.78, 5) is 24.4. The van der Waals surface area contributed by atoms with Crippen molar-refractivity contribution in [2.24, 2.45) is 11.3 Å². The van der Waals surface area contributed by atoms with Crippen molar-refractivity contribution in [2.45, 2.75) is 38.0 Å². The first kappa shape index (κ1) is 17.3. The van der Waals surface area contributed by atoms with Gasteiger partial charge in [-0.25, -0.2) is 0 Å². The van der Waals surface area contributed by atoms with Gasteiger partial charge in [-0.1, -0.05) is 37.6 Å². The molecule has 2 unspecified atom stereocenters. The Bertz CT molecular complexity index is 582. The molecule has 0 amide bonds. The van der Waals surface area contributed by atoms with E-state index < -0.39 is 16.3 Å². The number of carbonyl (C=O) groups excluding carboxylic acids is 2. The first-order valence-electron chi connectivity index (χ1n) is 7.33. The van der Waals surface area contributed by atoms with E-state index in [1.54, 1.807) is 12.1 Å². The number of ketones is 1. The van der Waals surface area contributed by atoms with Gasteiger partial charge in [0.05, 0.1) is 7.11 Å². The van der Waals surface area contributed by atoms with Crippen molar-refractivity contribution in [1.82, 2.24) is 0 Å². The molecule has 1 aromatic rings. The third kappa shape index (κ3) is 2.77. The highest BCUT2D eigenvalue weighted by Gasteiger charge is 2.61. The van der Waals surface area contributed by atoms with Crippen molar-refractivity contribution < 1.29 is 14.3 Å². The van der Waals surface area contributed by atoms with Gasteiger partial charge in [-0.05, 0) is 42.9 Å². The van der Waals surface area contributed by atoms with E-state index in [0.29, 0.717) is 17.9 Å². The minimum absolute atomic E-state index is 0.0431. The van der Waals surface area contributed by atoms with Crippen LogP contribution >= 0.6 is 23.2 Å². The van der Waals surface area contributed by atoms with Gasteiger partial charge in [0.25, 0.3) is 0 Å². The van der Waals surface area contributed by atoms with E-state index in [1.165, 1.54) is 7.11 Å². The summed E-state index contributed by atoms with van der Waals surface area (Å²) in [5, 5.41) is 0.613. The molecule has 0 heterocycles. The molecule has 0 aliphatic heterocycles. The highest BCUT2D eigenvalue weighted by Crippen LogP contribution is 2.50. The molecule has 0 N–H and O–H groups in total. The second-order valence-electron chi connectivity index (χ2n) is 6.22. The molecule has 1 aliphatic rings. The Morgan fingerprint density at radius 3 is 2.32 bits per heavy atom. The number of halogens is 2. The van der Waals surface area contributed by atoms with Crippen molar-refractivity contribution in [3.63, 3.8) is 0 Å². The lowest BCUT2D eigenvalue weighted by Crippen LogP contribution is -2.46. The van der Waals surface area contributed by atoms with E-state index in [1.807, 2.05) is 26.0 Å². The van der Waals surface area contributed by atoms with Gasteiger partial charge in [-0.2, -0.15) is 0 Å². The fraction of sp³-hybridized carbons (Fsp3) is 0.529. The SMILES string of the molecule is COC(=O)C1(Cc2ccc(Cl)cc2)CCC(Cl)(C(C)C)C1=O. The molecule has 2 rings (SSSR count). The first-order valence-corrected chi connectivity index (χ1v) is 8.08. The van der Waals surface area contributed by atoms with Gasteiger partial charge in [0.2, 0.25) is 0 Å². The smallest absolute Gasteiger partial charge is 0.319 e. The second kappa shape index (κ2) is 6.21. The zero-order valence-corrected chi connectivity index (χ0v) is 14.5. The van der Waals surface area contributed by atoms with Crippen molar-refractivity contribution in [1.29, 1.82) is 0 Å². The normalized spacial score (nSPS) is 28.2. The van der Waals surface area contributed by atoms with Gasteiger partial charge in [0.1, 0.15) is 10.3 Å². The van der Waals surface area contributed by atoms with Crippen molar-refractivity contribution >= 4 is 35.0 Å². The van der Waals surface area contributed by atoms with Crippen LogP contribution in [-0.4, -0.2) is 23.7 Å². The number of hydrogen-bond acceptors (Lipinski definition) is 3. The van der Waals surface area contributed by atoms with Crippen LogP contribution in [0, 0.1) is 11.3 Å². The summed E-state index contributed by atoms with van der Waals surface area (Å²) in [7, 11) is 1.31. The third-order valence-electron chi connectivity index (χ3n) is 4.64. The summed E-state index contributed by atoms with van der Waals surface area (Å²) in [6.45, 7) is 3.81. The number of ether oxygens (including phenoxy) is 1. The molecule has 0 spiro atoms. The van der Waals surface area contributed by atoms with E-state index in [0.717, 1.165) is 5.56 Å². The lowest BCUT2D eigenvalue weighted by Gasteiger charge is -2.29. The number of rotatable bonds is 4. The largest absolute Gasteiger partial charge is 0.468 e. The van der Waals surface area contributed by atoms with Gasteiger partial charge in [0, 0.05) is 5.02 Å². The zero-order valence-electron chi connectivity index (χ0n) is 13.0. The summed E-state index contributed by atoms with van der Waals surface area (Å²) in [6, 6.07) is 7.14. The number of alkyl halides is 1. The summed E-state index contributed by atoms with van der Waals surface area (Å²) >= 11 is 12.4. The number of methoxy groups -OCH3 is 1. The van der Waals surface area contributed by atoms with E-state index >= 15 is 0 Å². The molecular weight excluding hydrogens is 323 g/mol. The summed E-state index contributed by atoms with van der Waals surface area (Å²) in [5.74, 6) is -0.771. The number of hydrogen-bond donors (Lipinski definition) is 0. The molecule has 120 valence electrons. The van der Waals surface area contributed by atoms with Crippen LogP contribution in [0.1, 0.15) is 32.3 Å². The average molecular weight is 343 g/mol. The Balaban J connectivity index is 2.40. The molecule has 0 radical (unpaired) electrons. The summed E-state index contributed by atoms with van der Waals surface area (Å²) in [5.41, 5.74) is -0.331. The molecule has 1 fully saturated rings. The maximum Gasteiger partial charge on any atom is 0.319 e.